The van der Waals surface area contributed by atoms with Crippen LogP contribution in [-0.2, 0) is 0 Å². The molecule has 14 heavy (non-hydrogen) atoms. The molecule has 0 aliphatic heterocycles. The molecule has 0 aliphatic rings. The summed E-state index contributed by atoms with van der Waals surface area (Å²) in [6.45, 7) is 2.17. The highest BCUT2D eigenvalue weighted by molar-refractivity contribution is 5.19. The SMILES string of the molecule is C#CC[C](CCCC)c1ncccn1. The van der Waals surface area contributed by atoms with Gasteiger partial charge < -0.3 is 0 Å². The molecule has 0 aliphatic carbocycles. The Hall–Kier alpha value is -1.36. The third kappa shape index (κ3) is 3.18. The molecule has 1 aromatic rings. The number of unbranched alkanes of at least 4 members (excludes halogenated alkanes) is 1. The molecule has 2 heteroatoms. The molecule has 1 radical (unpaired) electrons. The maximum atomic E-state index is 5.31. The maximum absolute atomic E-state index is 5.31. The van der Waals surface area contributed by atoms with Crippen molar-refractivity contribution < 1.29 is 0 Å². The van der Waals surface area contributed by atoms with Crippen LogP contribution in [0.25, 0.3) is 0 Å². The van der Waals surface area contributed by atoms with Gasteiger partial charge >= 0.3 is 0 Å². The lowest BCUT2D eigenvalue weighted by molar-refractivity contribution is 0.706. The van der Waals surface area contributed by atoms with Crippen molar-refractivity contribution in [2.45, 2.75) is 32.6 Å². The Bertz CT molecular complexity index is 287. The Morgan fingerprint density at radius 3 is 2.71 bits per heavy atom. The standard InChI is InChI=1S/C12H15N2/c1-3-5-8-11(7-4-2)12-13-9-6-10-14-12/h2,6,9-10H,3,5,7-8H2,1H3. The molecule has 0 N–H and O–H groups in total. The third-order valence-corrected chi connectivity index (χ3v) is 2.03. The van der Waals surface area contributed by atoms with Gasteiger partial charge in [-0.3, -0.25) is 0 Å². The average Bonchev–Trinajstić information content (AvgIpc) is 2.25. The minimum atomic E-state index is 0.657. The van der Waals surface area contributed by atoms with Crippen LogP contribution in [0.15, 0.2) is 18.5 Å². The Morgan fingerprint density at radius 2 is 2.14 bits per heavy atom. The van der Waals surface area contributed by atoms with Crippen molar-refractivity contribution in [1.82, 2.24) is 9.97 Å². The second-order valence-electron chi connectivity index (χ2n) is 3.16. The first kappa shape index (κ1) is 10.7. The van der Waals surface area contributed by atoms with Gasteiger partial charge in [-0.25, -0.2) is 9.97 Å². The van der Waals surface area contributed by atoms with Crippen LogP contribution in [0.5, 0.6) is 0 Å². The van der Waals surface area contributed by atoms with E-state index >= 15 is 0 Å². The fraction of sp³-hybridized carbons (Fsp3) is 0.417. The molecule has 0 amide bonds. The zero-order valence-electron chi connectivity index (χ0n) is 8.53. The highest BCUT2D eigenvalue weighted by Gasteiger charge is 2.12. The monoisotopic (exact) mass is 187 g/mol. The van der Waals surface area contributed by atoms with E-state index in [4.69, 9.17) is 6.42 Å². The van der Waals surface area contributed by atoms with Crippen LogP contribution in [0.1, 0.15) is 38.4 Å². The molecule has 0 fully saturated rings. The second kappa shape index (κ2) is 6.15. The summed E-state index contributed by atoms with van der Waals surface area (Å²) in [6, 6.07) is 1.82. The van der Waals surface area contributed by atoms with Crippen LogP contribution < -0.4 is 0 Å². The Kier molecular flexibility index (Phi) is 4.71. The molecule has 0 spiro atoms. The van der Waals surface area contributed by atoms with Gasteiger partial charge in [0.05, 0.1) is 5.92 Å². The van der Waals surface area contributed by atoms with E-state index < -0.39 is 0 Å². The van der Waals surface area contributed by atoms with Gasteiger partial charge in [-0.2, -0.15) is 0 Å². The van der Waals surface area contributed by atoms with E-state index in [0.29, 0.717) is 6.42 Å². The minimum absolute atomic E-state index is 0.657. The molecule has 0 atom stereocenters. The van der Waals surface area contributed by atoms with Crippen molar-refractivity contribution in [1.29, 1.82) is 0 Å². The summed E-state index contributed by atoms with van der Waals surface area (Å²) in [5, 5.41) is 0. The second-order valence-corrected chi connectivity index (χ2v) is 3.16. The summed E-state index contributed by atoms with van der Waals surface area (Å²) in [5.74, 6) is 4.64. The number of nitrogens with zero attached hydrogens (tertiary/aromatic N) is 2. The van der Waals surface area contributed by atoms with E-state index in [-0.39, 0.29) is 0 Å². The average molecular weight is 187 g/mol. The van der Waals surface area contributed by atoms with Gasteiger partial charge in [-0.1, -0.05) is 19.8 Å². The number of rotatable bonds is 5. The minimum Gasteiger partial charge on any atom is -0.241 e. The molecule has 1 heterocycles. The number of aromatic nitrogens is 2. The van der Waals surface area contributed by atoms with E-state index in [1.165, 1.54) is 12.3 Å². The fourth-order valence-corrected chi connectivity index (χ4v) is 1.27. The molecular formula is C12H15N2. The number of hydrogen-bond donors (Lipinski definition) is 0. The van der Waals surface area contributed by atoms with Gasteiger partial charge in [0.25, 0.3) is 0 Å². The maximum Gasteiger partial charge on any atom is 0.136 e. The van der Waals surface area contributed by atoms with Crippen molar-refractivity contribution in [2.24, 2.45) is 0 Å². The first-order valence-electron chi connectivity index (χ1n) is 4.94. The Morgan fingerprint density at radius 1 is 1.43 bits per heavy atom. The van der Waals surface area contributed by atoms with Crippen molar-refractivity contribution in [3.63, 3.8) is 0 Å². The van der Waals surface area contributed by atoms with Gasteiger partial charge in [-0.05, 0) is 12.5 Å². The predicted octanol–water partition coefficient (Wildman–Crippen LogP) is 2.61. The molecular weight excluding hydrogens is 172 g/mol. The van der Waals surface area contributed by atoms with Crippen molar-refractivity contribution in [3.05, 3.63) is 30.2 Å². The van der Waals surface area contributed by atoms with Crippen molar-refractivity contribution in [3.8, 4) is 12.3 Å². The van der Waals surface area contributed by atoms with Gasteiger partial charge in [0.1, 0.15) is 5.82 Å². The van der Waals surface area contributed by atoms with Gasteiger partial charge in [0.15, 0.2) is 0 Å². The molecule has 73 valence electrons. The van der Waals surface area contributed by atoms with Crippen LogP contribution in [0.3, 0.4) is 0 Å². The fourth-order valence-electron chi connectivity index (χ4n) is 1.27. The lowest BCUT2D eigenvalue weighted by Gasteiger charge is -2.10. The predicted molar refractivity (Wildman–Crippen MR) is 57.4 cm³/mol. The Labute approximate surface area is 85.8 Å². The van der Waals surface area contributed by atoms with Gasteiger partial charge in [0, 0.05) is 18.8 Å². The van der Waals surface area contributed by atoms with Crippen LogP contribution in [0.2, 0.25) is 0 Å². The lowest BCUT2D eigenvalue weighted by atomic mass is 9.98. The van der Waals surface area contributed by atoms with Gasteiger partial charge in [-0.15, -0.1) is 12.3 Å². The van der Waals surface area contributed by atoms with E-state index in [1.54, 1.807) is 12.4 Å². The summed E-state index contributed by atoms with van der Waals surface area (Å²) in [4.78, 5) is 8.41. The van der Waals surface area contributed by atoms with Gasteiger partial charge in [0.2, 0.25) is 0 Å². The quantitative estimate of drug-likeness (QED) is 0.662. The zero-order chi connectivity index (χ0) is 10.2. The van der Waals surface area contributed by atoms with E-state index in [2.05, 4.69) is 22.8 Å². The summed E-state index contributed by atoms with van der Waals surface area (Å²) in [7, 11) is 0. The molecule has 2 nitrogen and oxygen atoms in total. The zero-order valence-corrected chi connectivity index (χ0v) is 8.53. The molecule has 1 rings (SSSR count). The van der Waals surface area contributed by atoms with Crippen LogP contribution in [-0.4, -0.2) is 9.97 Å². The number of hydrogen-bond acceptors (Lipinski definition) is 2. The van der Waals surface area contributed by atoms with Crippen LogP contribution >= 0.6 is 0 Å². The smallest absolute Gasteiger partial charge is 0.136 e. The highest BCUT2D eigenvalue weighted by Crippen LogP contribution is 2.20. The molecule has 0 unspecified atom stereocenters. The summed E-state index contributed by atoms with van der Waals surface area (Å²) in [6.07, 6.45) is 12.8. The number of terminal acetylenes is 1. The summed E-state index contributed by atoms with van der Waals surface area (Å²) < 4.78 is 0. The normalized spacial score (nSPS) is 10.1. The van der Waals surface area contributed by atoms with E-state index in [9.17, 15) is 0 Å². The first-order valence-corrected chi connectivity index (χ1v) is 4.94. The molecule has 0 bridgehead atoms. The lowest BCUT2D eigenvalue weighted by Crippen LogP contribution is -2.04. The third-order valence-electron chi connectivity index (χ3n) is 2.03. The molecule has 0 saturated heterocycles. The largest absolute Gasteiger partial charge is 0.241 e. The molecule has 0 saturated carbocycles. The molecule has 1 aromatic heterocycles. The Balaban J connectivity index is 2.63. The summed E-state index contributed by atoms with van der Waals surface area (Å²) in [5.41, 5.74) is 0. The topological polar surface area (TPSA) is 25.8 Å². The first-order chi connectivity index (χ1) is 6.88. The van der Waals surface area contributed by atoms with E-state index in [0.717, 1.165) is 18.7 Å². The van der Waals surface area contributed by atoms with Crippen molar-refractivity contribution >= 4 is 0 Å². The highest BCUT2D eigenvalue weighted by atomic mass is 14.9. The molecule has 0 aromatic carbocycles. The van der Waals surface area contributed by atoms with Crippen LogP contribution in [0, 0.1) is 18.3 Å². The van der Waals surface area contributed by atoms with Crippen LogP contribution in [0.4, 0.5) is 0 Å². The van der Waals surface area contributed by atoms with Crippen molar-refractivity contribution in [2.75, 3.05) is 0 Å². The summed E-state index contributed by atoms with van der Waals surface area (Å²) >= 11 is 0. The van der Waals surface area contributed by atoms with E-state index in [1.807, 2.05) is 6.07 Å².